The van der Waals surface area contributed by atoms with E-state index in [-0.39, 0.29) is 6.54 Å². The number of ether oxygens (including phenoxy) is 2. The van der Waals surface area contributed by atoms with E-state index in [1.165, 1.54) is 11.1 Å². The largest absolute Gasteiger partial charge is 0.468 e. The lowest BCUT2D eigenvalue weighted by Crippen LogP contribution is -2.47. The van der Waals surface area contributed by atoms with E-state index in [2.05, 4.69) is 31.3 Å². The summed E-state index contributed by atoms with van der Waals surface area (Å²) >= 11 is 5.84. The summed E-state index contributed by atoms with van der Waals surface area (Å²) in [5.74, 6) is -2.75. The Morgan fingerprint density at radius 3 is 2.12 bits per heavy atom. The van der Waals surface area contributed by atoms with E-state index in [4.69, 9.17) is 11.6 Å². The molecule has 1 amide bonds. The highest BCUT2D eigenvalue weighted by Gasteiger charge is 2.31. The van der Waals surface area contributed by atoms with Gasteiger partial charge in [-0.2, -0.15) is 36.3 Å². The summed E-state index contributed by atoms with van der Waals surface area (Å²) < 4.78 is 84.0. The minimum atomic E-state index is -4.74. The Morgan fingerprint density at radius 1 is 1.15 bits per heavy atom. The summed E-state index contributed by atoms with van der Waals surface area (Å²) in [5.41, 5.74) is -0.395. The molecule has 2 rings (SSSR count). The van der Waals surface area contributed by atoms with Gasteiger partial charge in [0.15, 0.2) is 19.0 Å². The summed E-state index contributed by atoms with van der Waals surface area (Å²) in [7, 11) is 0. The van der Waals surface area contributed by atoms with Gasteiger partial charge in [-0.05, 0) is 18.6 Å². The fourth-order valence-corrected chi connectivity index (χ4v) is 2.66. The van der Waals surface area contributed by atoms with E-state index in [0.29, 0.717) is 17.5 Å². The minimum absolute atomic E-state index is 0.229. The summed E-state index contributed by atoms with van der Waals surface area (Å²) in [6.45, 7) is 2.06. The van der Waals surface area contributed by atoms with Gasteiger partial charge >= 0.3 is 12.4 Å². The Labute approximate surface area is 189 Å². The van der Waals surface area contributed by atoms with Crippen LogP contribution in [0.2, 0.25) is 0 Å². The first-order valence-corrected chi connectivity index (χ1v) is 9.75. The third-order valence-electron chi connectivity index (χ3n) is 3.87. The number of dihydropyridines is 1. The molecule has 14 heteroatoms. The van der Waals surface area contributed by atoms with Gasteiger partial charge in [-0.25, -0.2) is 0 Å². The summed E-state index contributed by atoms with van der Waals surface area (Å²) in [5, 5.41) is 3.27. The Bertz CT molecular complexity index is 897. The highest BCUT2D eigenvalue weighted by molar-refractivity contribution is 6.31. The van der Waals surface area contributed by atoms with E-state index in [9.17, 15) is 31.1 Å². The first-order chi connectivity index (χ1) is 15.3. The van der Waals surface area contributed by atoms with Gasteiger partial charge in [0.2, 0.25) is 11.8 Å². The van der Waals surface area contributed by atoms with Gasteiger partial charge in [-0.3, -0.25) is 4.79 Å². The molecular formula is C19H19ClF6N4O3. The smallest absolute Gasteiger partial charge is 0.422 e. The standard InChI is InChI=1S/C19H19ClF6N4O3/c1-3-6-30(13-5-4-12(20)8-27-13)17(31)11(2)16-28-14(32-9-18(21,22)23)7-15(29-16)33-10-19(24,25)26/h4-5,7-8,13,27H,2-3,6,9-10H2,1H3. The number of amides is 1. The van der Waals surface area contributed by atoms with Crippen molar-refractivity contribution in [2.24, 2.45) is 0 Å². The maximum absolute atomic E-state index is 13.0. The molecule has 1 N–H and O–H groups in total. The SMILES string of the molecule is C=C(C(=O)N(CCC)C1C=CC(Cl)=CN1)c1nc(OCC(F)(F)F)cc(OCC(F)(F)F)n1. The third kappa shape index (κ3) is 8.48. The van der Waals surface area contributed by atoms with E-state index in [0.717, 1.165) is 0 Å². The molecule has 182 valence electrons. The number of rotatable bonds is 9. The van der Waals surface area contributed by atoms with E-state index < -0.39 is 60.8 Å². The molecular weight excluding hydrogens is 482 g/mol. The molecule has 1 aliphatic rings. The lowest BCUT2D eigenvalue weighted by molar-refractivity contribution is -0.154. The maximum atomic E-state index is 13.0. The molecule has 0 spiro atoms. The monoisotopic (exact) mass is 500 g/mol. The zero-order valence-corrected chi connectivity index (χ0v) is 17.9. The first-order valence-electron chi connectivity index (χ1n) is 9.37. The van der Waals surface area contributed by atoms with Crippen molar-refractivity contribution in [2.45, 2.75) is 31.9 Å². The molecule has 0 saturated carbocycles. The number of aromatic nitrogens is 2. The van der Waals surface area contributed by atoms with Crippen LogP contribution < -0.4 is 14.8 Å². The Kier molecular flexibility index (Phi) is 8.58. The van der Waals surface area contributed by atoms with E-state index in [1.54, 1.807) is 19.1 Å². The van der Waals surface area contributed by atoms with Gasteiger partial charge in [0.25, 0.3) is 5.91 Å². The fourth-order valence-electron chi connectivity index (χ4n) is 2.52. The van der Waals surface area contributed by atoms with Crippen molar-refractivity contribution in [2.75, 3.05) is 19.8 Å². The van der Waals surface area contributed by atoms with Crippen LogP contribution in [0, 0.1) is 0 Å². The Morgan fingerprint density at radius 2 is 1.70 bits per heavy atom. The molecule has 1 aliphatic heterocycles. The molecule has 0 radical (unpaired) electrons. The number of allylic oxidation sites excluding steroid dienone is 2. The van der Waals surface area contributed by atoms with E-state index in [1.807, 2.05) is 0 Å². The van der Waals surface area contributed by atoms with Crippen molar-refractivity contribution in [1.29, 1.82) is 0 Å². The molecule has 1 aromatic heterocycles. The van der Waals surface area contributed by atoms with Crippen molar-refractivity contribution in [3.05, 3.63) is 41.9 Å². The second-order valence-electron chi connectivity index (χ2n) is 6.65. The molecule has 2 heterocycles. The van der Waals surface area contributed by atoms with Crippen LogP contribution in [0.5, 0.6) is 11.8 Å². The third-order valence-corrected chi connectivity index (χ3v) is 4.10. The summed E-state index contributed by atoms with van der Waals surface area (Å²) in [4.78, 5) is 21.7. The number of hydrogen-bond donors (Lipinski definition) is 1. The molecule has 7 nitrogen and oxygen atoms in total. The zero-order valence-electron chi connectivity index (χ0n) is 17.1. The molecule has 0 bridgehead atoms. The van der Waals surface area contributed by atoms with Gasteiger partial charge in [0, 0.05) is 12.7 Å². The molecule has 0 saturated heterocycles. The number of nitrogens with zero attached hydrogens (tertiary/aromatic N) is 3. The predicted octanol–water partition coefficient (Wildman–Crippen LogP) is 4.18. The molecule has 1 aromatic rings. The summed E-state index contributed by atoms with van der Waals surface area (Å²) in [6, 6.07) is 0.654. The minimum Gasteiger partial charge on any atom is -0.468 e. The molecule has 0 aliphatic carbocycles. The van der Waals surface area contributed by atoms with Crippen molar-refractivity contribution < 1.29 is 40.6 Å². The normalized spacial score (nSPS) is 16.0. The topological polar surface area (TPSA) is 76.6 Å². The Balaban J connectivity index is 2.32. The fraction of sp³-hybridized carbons (Fsp3) is 0.421. The maximum Gasteiger partial charge on any atom is 0.422 e. The molecule has 0 aromatic carbocycles. The lowest BCUT2D eigenvalue weighted by Gasteiger charge is -2.31. The number of carbonyl (C=O) groups excluding carboxylic acids is 1. The van der Waals surface area contributed by atoms with Crippen molar-refractivity contribution in [1.82, 2.24) is 20.2 Å². The van der Waals surface area contributed by atoms with Crippen molar-refractivity contribution in [3.63, 3.8) is 0 Å². The van der Waals surface area contributed by atoms with Crippen LogP contribution in [0.1, 0.15) is 19.2 Å². The van der Waals surface area contributed by atoms with Crippen LogP contribution in [0.25, 0.3) is 5.57 Å². The van der Waals surface area contributed by atoms with Crippen molar-refractivity contribution in [3.8, 4) is 11.8 Å². The first kappa shape index (κ1) is 26.3. The highest BCUT2D eigenvalue weighted by Crippen LogP contribution is 2.25. The van der Waals surface area contributed by atoms with Crippen LogP contribution in [-0.4, -0.2) is 59.1 Å². The van der Waals surface area contributed by atoms with Gasteiger partial charge in [0.05, 0.1) is 16.7 Å². The molecule has 1 atom stereocenters. The lowest BCUT2D eigenvalue weighted by atomic mass is 10.2. The van der Waals surface area contributed by atoms with Gasteiger partial charge in [-0.15, -0.1) is 0 Å². The quantitative estimate of drug-likeness (QED) is 0.405. The molecule has 1 unspecified atom stereocenters. The van der Waals surface area contributed by atoms with Crippen LogP contribution in [0.3, 0.4) is 0 Å². The van der Waals surface area contributed by atoms with Gasteiger partial charge < -0.3 is 19.7 Å². The number of alkyl halides is 6. The number of halogens is 7. The number of carbonyl (C=O) groups is 1. The number of nitrogens with one attached hydrogen (secondary N) is 1. The average molecular weight is 501 g/mol. The molecule has 0 fully saturated rings. The van der Waals surface area contributed by atoms with E-state index >= 15 is 0 Å². The summed E-state index contributed by atoms with van der Waals surface area (Å²) in [6.07, 6.45) is -5.00. The zero-order chi connectivity index (χ0) is 24.8. The highest BCUT2D eigenvalue weighted by atomic mass is 35.5. The van der Waals surface area contributed by atoms with Crippen LogP contribution in [-0.2, 0) is 4.79 Å². The second-order valence-corrected chi connectivity index (χ2v) is 7.09. The van der Waals surface area contributed by atoms with Crippen molar-refractivity contribution >= 4 is 23.1 Å². The predicted molar refractivity (Wildman–Crippen MR) is 106 cm³/mol. The average Bonchev–Trinajstić information content (AvgIpc) is 2.73. The van der Waals surface area contributed by atoms with Gasteiger partial charge in [0.1, 0.15) is 6.17 Å². The van der Waals surface area contributed by atoms with Crippen LogP contribution in [0.4, 0.5) is 26.3 Å². The number of hydrogen-bond acceptors (Lipinski definition) is 6. The second kappa shape index (κ2) is 10.8. The van der Waals surface area contributed by atoms with Crippen LogP contribution in [0.15, 0.2) is 36.0 Å². The van der Waals surface area contributed by atoms with Gasteiger partial charge in [-0.1, -0.05) is 25.1 Å². The molecule has 33 heavy (non-hydrogen) atoms. The van der Waals surface area contributed by atoms with Crippen LogP contribution >= 0.6 is 11.6 Å². The Hall–Kier alpha value is -2.96.